The van der Waals surface area contributed by atoms with E-state index >= 15 is 0 Å². The summed E-state index contributed by atoms with van der Waals surface area (Å²) >= 11 is 0. The Morgan fingerprint density at radius 3 is 2.58 bits per heavy atom. The summed E-state index contributed by atoms with van der Waals surface area (Å²) in [6.07, 6.45) is 1.07. The molecule has 1 aliphatic heterocycles. The molecule has 2 N–H and O–H groups in total. The van der Waals surface area contributed by atoms with Gasteiger partial charge < -0.3 is 24.7 Å². The number of rotatable bonds is 12. The topological polar surface area (TPSA) is 80.0 Å². The van der Waals surface area contributed by atoms with E-state index in [-0.39, 0.29) is 42.4 Å². The van der Waals surface area contributed by atoms with Crippen molar-refractivity contribution in [1.29, 1.82) is 0 Å². The molecular formula is C26H34FNO5. The van der Waals surface area contributed by atoms with Crippen LogP contribution in [-0.4, -0.2) is 45.0 Å². The van der Waals surface area contributed by atoms with Crippen molar-refractivity contribution in [2.45, 2.75) is 45.4 Å². The highest BCUT2D eigenvalue weighted by Gasteiger charge is 2.39. The van der Waals surface area contributed by atoms with E-state index in [9.17, 15) is 9.18 Å². The number of methoxy groups -OCH3 is 1. The second-order valence-corrected chi connectivity index (χ2v) is 8.77. The van der Waals surface area contributed by atoms with Crippen LogP contribution in [0.1, 0.15) is 32.3 Å². The molecule has 2 unspecified atom stereocenters. The third-order valence-corrected chi connectivity index (χ3v) is 5.87. The van der Waals surface area contributed by atoms with E-state index in [0.717, 1.165) is 23.1 Å². The number of hydrogen-bond donors (Lipinski definition) is 1. The summed E-state index contributed by atoms with van der Waals surface area (Å²) in [5.41, 5.74) is 8.91. The lowest BCUT2D eigenvalue weighted by Gasteiger charge is -2.19. The summed E-state index contributed by atoms with van der Waals surface area (Å²) in [4.78, 5) is 12.0. The van der Waals surface area contributed by atoms with Gasteiger partial charge in [0.25, 0.3) is 0 Å². The Bertz CT molecular complexity index is 902. The number of cyclic esters (lactones) is 1. The zero-order valence-electron chi connectivity index (χ0n) is 19.6. The third-order valence-electron chi connectivity index (χ3n) is 5.87. The van der Waals surface area contributed by atoms with Crippen LogP contribution >= 0.6 is 0 Å². The number of ether oxygens (including phenoxy) is 4. The van der Waals surface area contributed by atoms with E-state index in [1.54, 1.807) is 19.2 Å². The molecule has 0 spiro atoms. The van der Waals surface area contributed by atoms with Crippen LogP contribution in [0, 0.1) is 17.7 Å². The van der Waals surface area contributed by atoms with Gasteiger partial charge in [0.2, 0.25) is 0 Å². The number of halogens is 1. The van der Waals surface area contributed by atoms with Gasteiger partial charge in [0.15, 0.2) is 0 Å². The molecule has 1 heterocycles. The average molecular weight is 460 g/mol. The molecule has 3 rings (SSSR count). The molecule has 0 radical (unpaired) electrons. The summed E-state index contributed by atoms with van der Waals surface area (Å²) in [5.74, 6) is 0.385. The predicted octanol–water partition coefficient (Wildman–Crippen LogP) is 4.34. The zero-order valence-corrected chi connectivity index (χ0v) is 19.6. The van der Waals surface area contributed by atoms with E-state index < -0.39 is 0 Å². The average Bonchev–Trinajstić information content (AvgIpc) is 3.20. The number of hydrogen-bond acceptors (Lipinski definition) is 6. The first kappa shape index (κ1) is 25.1. The van der Waals surface area contributed by atoms with Gasteiger partial charge in [0.1, 0.15) is 17.7 Å². The summed E-state index contributed by atoms with van der Waals surface area (Å²) < 4.78 is 35.8. The van der Waals surface area contributed by atoms with Gasteiger partial charge in [0, 0.05) is 25.7 Å². The highest BCUT2D eigenvalue weighted by molar-refractivity contribution is 5.75. The molecule has 1 saturated heterocycles. The van der Waals surface area contributed by atoms with Gasteiger partial charge in [-0.1, -0.05) is 38.1 Å². The van der Waals surface area contributed by atoms with Crippen molar-refractivity contribution < 1.29 is 28.1 Å². The van der Waals surface area contributed by atoms with Crippen molar-refractivity contribution in [3.8, 4) is 16.9 Å². The predicted molar refractivity (Wildman–Crippen MR) is 124 cm³/mol. The molecule has 0 amide bonds. The lowest BCUT2D eigenvalue weighted by molar-refractivity contribution is -0.146. The molecule has 180 valence electrons. The first-order chi connectivity index (χ1) is 15.9. The Balaban J connectivity index is 1.61. The molecule has 0 aliphatic carbocycles. The summed E-state index contributed by atoms with van der Waals surface area (Å²) in [5, 5.41) is 0. The molecule has 7 heteroatoms. The smallest absolute Gasteiger partial charge is 0.309 e. The summed E-state index contributed by atoms with van der Waals surface area (Å²) in [6, 6.07) is 11.8. The van der Waals surface area contributed by atoms with Crippen LogP contribution in [0.15, 0.2) is 42.5 Å². The molecule has 1 fully saturated rings. The fourth-order valence-electron chi connectivity index (χ4n) is 3.89. The maximum absolute atomic E-state index is 13.4. The summed E-state index contributed by atoms with van der Waals surface area (Å²) in [7, 11) is 1.65. The van der Waals surface area contributed by atoms with Crippen LogP contribution in [0.2, 0.25) is 0 Å². The zero-order chi connectivity index (χ0) is 23.8. The molecule has 2 aromatic carbocycles. The van der Waals surface area contributed by atoms with Crippen molar-refractivity contribution in [3.63, 3.8) is 0 Å². The van der Waals surface area contributed by atoms with Gasteiger partial charge in [-0.2, -0.15) is 0 Å². The quantitative estimate of drug-likeness (QED) is 0.376. The van der Waals surface area contributed by atoms with Crippen LogP contribution in [0.3, 0.4) is 0 Å². The minimum atomic E-state index is -0.374. The second kappa shape index (κ2) is 12.1. The number of benzene rings is 2. The van der Waals surface area contributed by atoms with E-state index in [4.69, 9.17) is 24.7 Å². The van der Waals surface area contributed by atoms with E-state index in [1.807, 2.05) is 32.0 Å². The van der Waals surface area contributed by atoms with Gasteiger partial charge in [-0.05, 0) is 41.7 Å². The van der Waals surface area contributed by atoms with Crippen molar-refractivity contribution in [2.75, 3.05) is 26.9 Å². The first-order valence-electron chi connectivity index (χ1n) is 11.4. The molecule has 2 aromatic rings. The standard InChI is InChI=1S/C26H34FNO5/c1-17(2)22-14-25(33-26(22)29)23(28)16-31-15-18-5-10-21(19-6-8-20(27)9-7-19)24(13-18)32-12-4-11-30-3/h5-10,13,17,22-23,25H,4,11-12,14-16,28H2,1-3H3/t22-,23?,25?/m0/s1. The van der Waals surface area contributed by atoms with Gasteiger partial charge in [-0.25, -0.2) is 4.39 Å². The monoisotopic (exact) mass is 459 g/mol. The van der Waals surface area contributed by atoms with Crippen molar-refractivity contribution in [1.82, 2.24) is 0 Å². The SMILES string of the molecule is COCCCOc1cc(COCC(N)C2C[C@@H](C(C)C)C(=O)O2)ccc1-c1ccc(F)cc1. The highest BCUT2D eigenvalue weighted by Crippen LogP contribution is 2.32. The molecule has 1 aliphatic rings. The summed E-state index contributed by atoms with van der Waals surface area (Å²) in [6.45, 7) is 5.77. The Morgan fingerprint density at radius 1 is 1.15 bits per heavy atom. The molecule has 3 atom stereocenters. The fourth-order valence-corrected chi connectivity index (χ4v) is 3.89. The number of nitrogens with two attached hydrogens (primary N) is 1. The molecule has 0 bridgehead atoms. The third kappa shape index (κ3) is 7.00. The number of esters is 1. The second-order valence-electron chi connectivity index (χ2n) is 8.77. The Labute approximate surface area is 195 Å². The minimum absolute atomic E-state index is 0.0992. The molecule has 6 nitrogen and oxygen atoms in total. The Kier molecular flexibility index (Phi) is 9.23. The largest absolute Gasteiger partial charge is 0.493 e. The van der Waals surface area contributed by atoms with Crippen LogP contribution in [0.5, 0.6) is 5.75 Å². The van der Waals surface area contributed by atoms with Crippen LogP contribution < -0.4 is 10.5 Å². The maximum Gasteiger partial charge on any atom is 0.309 e. The van der Waals surface area contributed by atoms with E-state index in [2.05, 4.69) is 0 Å². The van der Waals surface area contributed by atoms with Gasteiger partial charge in [-0.15, -0.1) is 0 Å². The van der Waals surface area contributed by atoms with Gasteiger partial charge >= 0.3 is 5.97 Å². The normalized spacial score (nSPS) is 19.0. The fraction of sp³-hybridized carbons (Fsp3) is 0.500. The lowest BCUT2D eigenvalue weighted by atomic mass is 9.91. The van der Waals surface area contributed by atoms with Crippen LogP contribution in [-0.2, 0) is 25.6 Å². The highest BCUT2D eigenvalue weighted by atomic mass is 19.1. The lowest BCUT2D eigenvalue weighted by Crippen LogP contribution is -2.38. The van der Waals surface area contributed by atoms with Gasteiger partial charge in [-0.3, -0.25) is 4.79 Å². The van der Waals surface area contributed by atoms with Crippen LogP contribution in [0.4, 0.5) is 4.39 Å². The minimum Gasteiger partial charge on any atom is -0.493 e. The van der Waals surface area contributed by atoms with Crippen molar-refractivity contribution >= 4 is 5.97 Å². The van der Waals surface area contributed by atoms with E-state index in [0.29, 0.717) is 32.0 Å². The molecule has 0 aromatic heterocycles. The molecular weight excluding hydrogens is 425 g/mol. The number of carbonyl (C=O) groups is 1. The molecule has 33 heavy (non-hydrogen) atoms. The first-order valence-corrected chi connectivity index (χ1v) is 11.4. The Morgan fingerprint density at radius 2 is 1.91 bits per heavy atom. The van der Waals surface area contributed by atoms with Crippen LogP contribution in [0.25, 0.3) is 11.1 Å². The van der Waals surface area contributed by atoms with Gasteiger partial charge in [0.05, 0.1) is 31.8 Å². The molecule has 0 saturated carbocycles. The van der Waals surface area contributed by atoms with E-state index in [1.165, 1.54) is 12.1 Å². The Hall–Kier alpha value is -2.48. The maximum atomic E-state index is 13.4. The van der Waals surface area contributed by atoms with Crippen molar-refractivity contribution in [3.05, 3.63) is 53.8 Å². The number of carbonyl (C=O) groups excluding carboxylic acids is 1. The van der Waals surface area contributed by atoms with Crippen molar-refractivity contribution in [2.24, 2.45) is 17.6 Å².